The molecule has 0 aliphatic rings. The molecule has 150 valence electrons. The van der Waals surface area contributed by atoms with E-state index >= 15 is 0 Å². The van der Waals surface area contributed by atoms with Crippen LogP contribution in [0.25, 0.3) is 17.0 Å². The molecule has 1 heterocycles. The van der Waals surface area contributed by atoms with Crippen LogP contribution < -0.4 is 22.5 Å². The van der Waals surface area contributed by atoms with Crippen molar-refractivity contribution in [1.82, 2.24) is 10.2 Å². The van der Waals surface area contributed by atoms with E-state index in [-0.39, 0.29) is 5.41 Å². The number of aromatic nitrogens is 2. The summed E-state index contributed by atoms with van der Waals surface area (Å²) in [5.41, 5.74) is 23.2. The van der Waals surface area contributed by atoms with Crippen molar-refractivity contribution in [3.8, 4) is 11.3 Å². The lowest BCUT2D eigenvalue weighted by Gasteiger charge is -2.26. The molecule has 0 fully saturated rings. The summed E-state index contributed by atoms with van der Waals surface area (Å²) in [7, 11) is 0. The van der Waals surface area contributed by atoms with Crippen molar-refractivity contribution < 1.29 is 0 Å². The zero-order valence-electron chi connectivity index (χ0n) is 16.9. The van der Waals surface area contributed by atoms with E-state index in [1.807, 2.05) is 36.4 Å². The van der Waals surface area contributed by atoms with Crippen LogP contribution >= 0.6 is 0 Å². The van der Waals surface area contributed by atoms with Gasteiger partial charge in [0.2, 0.25) is 0 Å². The van der Waals surface area contributed by atoms with Crippen LogP contribution in [0.1, 0.15) is 30.5 Å². The summed E-state index contributed by atoms with van der Waals surface area (Å²) in [6, 6.07) is 17.8. The number of hydrogen-bond acceptors (Lipinski definition) is 6. The van der Waals surface area contributed by atoms with E-state index in [0.717, 1.165) is 22.6 Å². The molecule has 6 heteroatoms. The van der Waals surface area contributed by atoms with Crippen LogP contribution in [0.2, 0.25) is 0 Å². The summed E-state index contributed by atoms with van der Waals surface area (Å²) in [5.74, 6) is 0.718. The molecule has 0 amide bonds. The molecular formula is C23H28N6. The van der Waals surface area contributed by atoms with Gasteiger partial charge in [-0.15, -0.1) is 10.2 Å². The van der Waals surface area contributed by atoms with E-state index < -0.39 is 0 Å². The maximum absolute atomic E-state index is 5.95. The van der Waals surface area contributed by atoms with Crippen molar-refractivity contribution >= 4 is 17.2 Å². The third-order valence-electron chi connectivity index (χ3n) is 5.02. The Bertz CT molecular complexity index is 1010. The number of hydrogen-bond donors (Lipinski definition) is 4. The number of rotatable bonds is 7. The third-order valence-corrected chi connectivity index (χ3v) is 5.02. The fraction of sp³-hybridized carbons (Fsp3) is 0.217. The molecule has 1 aromatic heterocycles. The first-order chi connectivity index (χ1) is 13.8. The molecule has 3 aromatic rings. The second-order valence-electron chi connectivity index (χ2n) is 7.77. The predicted octanol–water partition coefficient (Wildman–Crippen LogP) is 3.50. The molecule has 2 aromatic carbocycles. The van der Waals surface area contributed by atoms with Crippen molar-refractivity contribution in [2.24, 2.45) is 11.5 Å². The number of nitrogens with two attached hydrogens (primary N) is 3. The molecule has 0 aliphatic carbocycles. The summed E-state index contributed by atoms with van der Waals surface area (Å²) >= 11 is 0. The third kappa shape index (κ3) is 4.73. The van der Waals surface area contributed by atoms with Crippen LogP contribution in [-0.2, 0) is 12.0 Å². The smallest absolute Gasteiger partial charge is 0.148 e. The molecule has 0 bridgehead atoms. The van der Waals surface area contributed by atoms with Crippen molar-refractivity contribution in [3.63, 3.8) is 0 Å². The molecule has 3 rings (SSSR count). The Morgan fingerprint density at radius 3 is 2.52 bits per heavy atom. The number of nitrogens with one attached hydrogen (secondary N) is 1. The summed E-state index contributed by atoms with van der Waals surface area (Å²) in [4.78, 5) is 0. The van der Waals surface area contributed by atoms with Gasteiger partial charge in [0.1, 0.15) is 5.82 Å². The summed E-state index contributed by atoms with van der Waals surface area (Å²) in [5, 5.41) is 12.0. The molecule has 29 heavy (non-hydrogen) atoms. The quantitative estimate of drug-likeness (QED) is 0.460. The second kappa shape index (κ2) is 8.32. The fourth-order valence-electron chi connectivity index (χ4n) is 3.11. The molecule has 0 aliphatic heterocycles. The molecule has 0 atom stereocenters. The van der Waals surface area contributed by atoms with E-state index in [9.17, 15) is 0 Å². The van der Waals surface area contributed by atoms with Crippen LogP contribution in [0.3, 0.4) is 0 Å². The molecule has 0 unspecified atom stereocenters. The van der Waals surface area contributed by atoms with E-state index in [2.05, 4.69) is 48.1 Å². The van der Waals surface area contributed by atoms with Crippen LogP contribution in [0.4, 0.5) is 11.5 Å². The first-order valence-corrected chi connectivity index (χ1v) is 9.52. The van der Waals surface area contributed by atoms with Gasteiger partial charge in [-0.25, -0.2) is 0 Å². The van der Waals surface area contributed by atoms with Crippen molar-refractivity contribution in [3.05, 3.63) is 77.9 Å². The highest BCUT2D eigenvalue weighted by atomic mass is 15.2. The van der Waals surface area contributed by atoms with Gasteiger partial charge in [0.05, 0.1) is 5.69 Å². The van der Waals surface area contributed by atoms with Gasteiger partial charge in [0.15, 0.2) is 0 Å². The highest BCUT2D eigenvalue weighted by molar-refractivity contribution is 5.77. The van der Waals surface area contributed by atoms with Crippen LogP contribution in [-0.4, -0.2) is 16.7 Å². The van der Waals surface area contributed by atoms with Crippen LogP contribution in [0.5, 0.6) is 0 Å². The molecule has 0 saturated carbocycles. The Hall–Kier alpha value is -3.38. The van der Waals surface area contributed by atoms with Crippen LogP contribution in [0, 0.1) is 0 Å². The Morgan fingerprint density at radius 1 is 1.07 bits per heavy atom. The largest absolute Gasteiger partial charge is 0.399 e. The zero-order valence-corrected chi connectivity index (χ0v) is 16.9. The first kappa shape index (κ1) is 20.4. The minimum atomic E-state index is -0.0844. The second-order valence-corrected chi connectivity index (χ2v) is 7.77. The molecule has 0 radical (unpaired) electrons. The van der Waals surface area contributed by atoms with E-state index in [1.54, 1.807) is 6.07 Å². The van der Waals surface area contributed by atoms with E-state index in [0.29, 0.717) is 30.0 Å². The minimum absolute atomic E-state index is 0.0844. The summed E-state index contributed by atoms with van der Waals surface area (Å²) in [6.07, 6.45) is 0. The highest BCUT2D eigenvalue weighted by Crippen LogP contribution is 2.26. The van der Waals surface area contributed by atoms with Crippen LogP contribution in [0.15, 0.2) is 61.2 Å². The molecular weight excluding hydrogens is 360 g/mol. The SMILES string of the molecule is C=C(N)c1cc(-c2ccc(NCC(C)(C)c3cccc(CN)c3)nn2)ccc1N. The zero-order chi connectivity index (χ0) is 21.0. The van der Waals surface area contributed by atoms with Gasteiger partial charge >= 0.3 is 0 Å². The number of nitrogen functional groups attached to an aromatic ring is 1. The van der Waals surface area contributed by atoms with Gasteiger partial charge in [-0.1, -0.05) is 50.8 Å². The lowest BCUT2D eigenvalue weighted by atomic mass is 9.84. The Morgan fingerprint density at radius 2 is 1.86 bits per heavy atom. The van der Waals surface area contributed by atoms with Crippen molar-refractivity contribution in [2.75, 3.05) is 17.6 Å². The molecule has 7 N–H and O–H groups in total. The monoisotopic (exact) mass is 388 g/mol. The summed E-state index contributed by atoms with van der Waals surface area (Å²) < 4.78 is 0. The van der Waals surface area contributed by atoms with Gasteiger partial charge in [-0.05, 0) is 35.4 Å². The highest BCUT2D eigenvalue weighted by Gasteiger charge is 2.21. The minimum Gasteiger partial charge on any atom is -0.399 e. The Labute approximate surface area is 171 Å². The van der Waals surface area contributed by atoms with Crippen molar-refractivity contribution in [2.45, 2.75) is 25.8 Å². The topological polar surface area (TPSA) is 116 Å². The van der Waals surface area contributed by atoms with E-state index in [1.165, 1.54) is 5.56 Å². The van der Waals surface area contributed by atoms with Crippen molar-refractivity contribution in [1.29, 1.82) is 0 Å². The predicted molar refractivity (Wildman–Crippen MR) is 121 cm³/mol. The Balaban J connectivity index is 1.72. The van der Waals surface area contributed by atoms with Gasteiger partial charge in [0, 0.05) is 41.0 Å². The maximum atomic E-state index is 5.95. The maximum Gasteiger partial charge on any atom is 0.148 e. The molecule has 0 spiro atoms. The van der Waals surface area contributed by atoms with Gasteiger partial charge in [-0.2, -0.15) is 0 Å². The molecule has 6 nitrogen and oxygen atoms in total. The van der Waals surface area contributed by atoms with E-state index in [4.69, 9.17) is 17.2 Å². The fourth-order valence-corrected chi connectivity index (χ4v) is 3.11. The molecule has 0 saturated heterocycles. The Kier molecular flexibility index (Phi) is 5.84. The van der Waals surface area contributed by atoms with Gasteiger partial charge < -0.3 is 22.5 Å². The number of anilines is 2. The number of nitrogens with zero attached hydrogens (tertiary/aromatic N) is 2. The van der Waals surface area contributed by atoms with Gasteiger partial charge in [-0.3, -0.25) is 0 Å². The lowest BCUT2D eigenvalue weighted by Crippen LogP contribution is -2.28. The first-order valence-electron chi connectivity index (χ1n) is 9.52. The normalized spacial score (nSPS) is 11.3. The standard InChI is InChI=1S/C23H28N6/c1-15(25)19-12-17(7-8-20(19)26)21-9-10-22(29-28-21)27-14-23(2,3)18-6-4-5-16(11-18)13-24/h4-12H,1,13-14,24-26H2,2-3H3,(H,27,29). The average molecular weight is 389 g/mol. The number of benzene rings is 2. The van der Waals surface area contributed by atoms with Gasteiger partial charge in [0.25, 0.3) is 0 Å². The lowest BCUT2D eigenvalue weighted by molar-refractivity contribution is 0.555. The summed E-state index contributed by atoms with van der Waals surface area (Å²) in [6.45, 7) is 9.39. The average Bonchev–Trinajstić information content (AvgIpc) is 2.73.